The number of amides is 2. The van der Waals surface area contributed by atoms with Crippen LogP contribution in [0.2, 0.25) is 0 Å². The minimum atomic E-state index is -4.44. The van der Waals surface area contributed by atoms with Crippen molar-refractivity contribution < 1.29 is 22.7 Å². The van der Waals surface area contributed by atoms with E-state index in [2.05, 4.69) is 15.0 Å². The number of urea groups is 1. The topological polar surface area (TPSA) is 66.5 Å². The molecule has 1 fully saturated rings. The van der Waals surface area contributed by atoms with E-state index in [1.54, 1.807) is 20.2 Å². The lowest BCUT2D eigenvalue weighted by Crippen LogP contribution is -2.27. The fraction of sp³-hybridized carbons (Fsp3) is 0.412. The molecule has 0 bridgehead atoms. The molecular formula is C17H19F3N4O2S. The molecule has 146 valence electrons. The van der Waals surface area contributed by atoms with E-state index in [1.165, 1.54) is 18.1 Å². The van der Waals surface area contributed by atoms with E-state index >= 15 is 0 Å². The maximum atomic E-state index is 13.2. The first kappa shape index (κ1) is 19.3. The van der Waals surface area contributed by atoms with Crippen molar-refractivity contribution in [1.29, 1.82) is 0 Å². The highest BCUT2D eigenvalue weighted by atomic mass is 32.1. The zero-order chi connectivity index (χ0) is 19.8. The molecule has 1 heterocycles. The van der Waals surface area contributed by atoms with Crippen LogP contribution in [0.4, 0.5) is 34.3 Å². The molecule has 0 atom stereocenters. The third-order valence-corrected chi connectivity index (χ3v) is 4.83. The van der Waals surface area contributed by atoms with Gasteiger partial charge in [0.05, 0.1) is 12.7 Å². The molecule has 1 aliphatic carbocycles. The molecule has 0 aliphatic heterocycles. The van der Waals surface area contributed by atoms with Crippen LogP contribution < -0.4 is 15.4 Å². The monoisotopic (exact) mass is 400 g/mol. The molecule has 0 saturated heterocycles. The predicted octanol–water partition coefficient (Wildman–Crippen LogP) is 4.89. The smallest absolute Gasteiger partial charge is 0.416 e. The summed E-state index contributed by atoms with van der Waals surface area (Å²) in [6.45, 7) is 0. The van der Waals surface area contributed by atoms with Gasteiger partial charge >= 0.3 is 12.2 Å². The van der Waals surface area contributed by atoms with Gasteiger partial charge in [-0.15, -0.1) is 0 Å². The van der Waals surface area contributed by atoms with Gasteiger partial charge in [0.2, 0.25) is 0 Å². The number of carbonyl (C=O) groups excluding carboxylic acids is 1. The lowest BCUT2D eigenvalue weighted by atomic mass is 10.1. The van der Waals surface area contributed by atoms with Gasteiger partial charge in [0.15, 0.2) is 0 Å². The van der Waals surface area contributed by atoms with Crippen molar-refractivity contribution in [3.8, 4) is 5.88 Å². The number of anilines is 3. The van der Waals surface area contributed by atoms with E-state index in [9.17, 15) is 18.0 Å². The number of halogens is 3. The Morgan fingerprint density at radius 3 is 2.56 bits per heavy atom. The summed E-state index contributed by atoms with van der Waals surface area (Å²) in [5.74, 6) is 0.351. The van der Waals surface area contributed by atoms with Crippen LogP contribution in [0.5, 0.6) is 5.88 Å². The number of methoxy groups -OCH3 is 1. The summed E-state index contributed by atoms with van der Waals surface area (Å²) in [5, 5.41) is 5.99. The standard InChI is InChI=1S/C17H19F3N4O2S/c1-24(2)16(25)22-13-14(26-3)23-27-15(13)21-12-7-10(9-4-5-9)6-11(8-12)17(18,19)20/h6-9,21H,4-5H2,1-3H3,(H,22,25). The Hall–Kier alpha value is -2.49. The van der Waals surface area contributed by atoms with Gasteiger partial charge < -0.3 is 20.3 Å². The average molecular weight is 400 g/mol. The summed E-state index contributed by atoms with van der Waals surface area (Å²) < 4.78 is 49.0. The number of nitrogens with zero attached hydrogens (tertiary/aromatic N) is 2. The van der Waals surface area contributed by atoms with Gasteiger partial charge in [-0.05, 0) is 54.1 Å². The Bertz CT molecular complexity index is 847. The molecule has 1 aromatic heterocycles. The zero-order valence-corrected chi connectivity index (χ0v) is 15.8. The first-order valence-corrected chi connectivity index (χ1v) is 8.97. The number of hydrogen-bond donors (Lipinski definition) is 2. The average Bonchev–Trinajstić information content (AvgIpc) is 3.38. The third-order valence-electron chi connectivity index (χ3n) is 4.08. The number of carbonyl (C=O) groups is 1. The molecule has 6 nitrogen and oxygen atoms in total. The van der Waals surface area contributed by atoms with Crippen LogP contribution in [0.25, 0.3) is 0 Å². The normalized spacial score (nSPS) is 14.0. The van der Waals surface area contributed by atoms with Crippen LogP contribution in [-0.2, 0) is 6.18 Å². The molecule has 2 aromatic rings. The van der Waals surface area contributed by atoms with Crippen LogP contribution in [0.15, 0.2) is 18.2 Å². The Morgan fingerprint density at radius 1 is 1.30 bits per heavy atom. The van der Waals surface area contributed by atoms with Crippen molar-refractivity contribution in [2.75, 3.05) is 31.8 Å². The Labute approximate surface area is 158 Å². The minimum absolute atomic E-state index is 0.164. The maximum Gasteiger partial charge on any atom is 0.416 e. The lowest BCUT2D eigenvalue weighted by Gasteiger charge is -2.15. The van der Waals surface area contributed by atoms with Crippen molar-refractivity contribution in [3.63, 3.8) is 0 Å². The van der Waals surface area contributed by atoms with Crippen molar-refractivity contribution in [1.82, 2.24) is 9.27 Å². The highest BCUT2D eigenvalue weighted by Crippen LogP contribution is 2.44. The summed E-state index contributed by atoms with van der Waals surface area (Å²) in [6.07, 6.45) is -2.66. The first-order valence-electron chi connectivity index (χ1n) is 8.20. The fourth-order valence-electron chi connectivity index (χ4n) is 2.50. The third kappa shape index (κ3) is 4.44. The second-order valence-electron chi connectivity index (χ2n) is 6.46. The number of benzene rings is 1. The van der Waals surface area contributed by atoms with Gasteiger partial charge in [0.25, 0.3) is 5.88 Å². The molecule has 1 aromatic carbocycles. The Kier molecular flexibility index (Phi) is 5.18. The predicted molar refractivity (Wildman–Crippen MR) is 98.1 cm³/mol. The molecular weight excluding hydrogens is 381 g/mol. The van der Waals surface area contributed by atoms with Crippen LogP contribution in [0.3, 0.4) is 0 Å². The minimum Gasteiger partial charge on any atom is -0.479 e. The Morgan fingerprint density at radius 2 is 2.00 bits per heavy atom. The molecule has 0 unspecified atom stereocenters. The zero-order valence-electron chi connectivity index (χ0n) is 15.0. The molecule has 0 spiro atoms. The molecule has 27 heavy (non-hydrogen) atoms. The van der Waals surface area contributed by atoms with Crippen molar-refractivity contribution in [2.45, 2.75) is 24.9 Å². The van der Waals surface area contributed by atoms with Gasteiger partial charge in [-0.1, -0.05) is 0 Å². The summed E-state index contributed by atoms with van der Waals surface area (Å²) in [6, 6.07) is 3.55. The lowest BCUT2D eigenvalue weighted by molar-refractivity contribution is -0.137. The maximum absolute atomic E-state index is 13.2. The molecule has 1 saturated carbocycles. The van der Waals surface area contributed by atoms with Gasteiger partial charge in [-0.3, -0.25) is 0 Å². The number of hydrogen-bond acceptors (Lipinski definition) is 5. The molecule has 2 amide bonds. The molecule has 3 rings (SSSR count). The van der Waals surface area contributed by atoms with E-state index in [0.717, 1.165) is 30.4 Å². The van der Waals surface area contributed by atoms with E-state index in [1.807, 2.05) is 0 Å². The number of nitrogens with one attached hydrogen (secondary N) is 2. The second-order valence-corrected chi connectivity index (χ2v) is 7.23. The van der Waals surface area contributed by atoms with Gasteiger partial charge in [0, 0.05) is 19.8 Å². The van der Waals surface area contributed by atoms with Crippen LogP contribution in [0, 0.1) is 0 Å². The Balaban J connectivity index is 1.94. The van der Waals surface area contributed by atoms with E-state index in [-0.39, 0.29) is 17.5 Å². The second kappa shape index (κ2) is 7.26. The SMILES string of the molecule is COc1nsc(Nc2cc(C3CC3)cc(C(F)(F)F)c2)c1NC(=O)N(C)C. The molecule has 2 N–H and O–H groups in total. The summed E-state index contributed by atoms with van der Waals surface area (Å²) in [7, 11) is 4.55. The highest BCUT2D eigenvalue weighted by Gasteiger charge is 2.33. The summed E-state index contributed by atoms with van der Waals surface area (Å²) in [4.78, 5) is 13.3. The van der Waals surface area contributed by atoms with Gasteiger partial charge in [0.1, 0.15) is 10.7 Å². The summed E-state index contributed by atoms with van der Waals surface area (Å²) in [5.41, 5.74) is 0.525. The molecule has 10 heteroatoms. The number of rotatable bonds is 5. The van der Waals surface area contributed by atoms with E-state index < -0.39 is 17.8 Å². The fourth-order valence-corrected chi connectivity index (χ4v) is 3.23. The van der Waals surface area contributed by atoms with Crippen LogP contribution in [-0.4, -0.2) is 36.5 Å². The quantitative estimate of drug-likeness (QED) is 0.750. The van der Waals surface area contributed by atoms with Crippen molar-refractivity contribution >= 4 is 33.9 Å². The van der Waals surface area contributed by atoms with E-state index in [4.69, 9.17) is 4.74 Å². The largest absolute Gasteiger partial charge is 0.479 e. The highest BCUT2D eigenvalue weighted by molar-refractivity contribution is 7.11. The first-order chi connectivity index (χ1) is 12.7. The summed E-state index contributed by atoms with van der Waals surface area (Å²) >= 11 is 0.992. The van der Waals surface area contributed by atoms with Crippen LogP contribution in [0.1, 0.15) is 29.9 Å². The number of aromatic nitrogens is 1. The number of ether oxygens (including phenoxy) is 1. The molecule has 0 radical (unpaired) electrons. The number of alkyl halides is 3. The van der Waals surface area contributed by atoms with Crippen LogP contribution >= 0.6 is 11.5 Å². The van der Waals surface area contributed by atoms with Crippen molar-refractivity contribution in [2.24, 2.45) is 0 Å². The molecule has 1 aliphatic rings. The van der Waals surface area contributed by atoms with Gasteiger partial charge in [-0.2, -0.15) is 17.5 Å². The van der Waals surface area contributed by atoms with Gasteiger partial charge in [-0.25, -0.2) is 4.79 Å². The van der Waals surface area contributed by atoms with Crippen molar-refractivity contribution in [3.05, 3.63) is 29.3 Å². The van der Waals surface area contributed by atoms with E-state index in [0.29, 0.717) is 16.3 Å².